The molecule has 1 unspecified atom stereocenters. The Bertz CT molecular complexity index is 573. The van der Waals surface area contributed by atoms with Crippen LogP contribution in [0.1, 0.15) is 23.2 Å². The number of Topliss-reactive ketones (excluding diaryl/α,β-unsaturated/α-hetero) is 1. The van der Waals surface area contributed by atoms with Crippen molar-refractivity contribution in [1.82, 2.24) is 4.90 Å². The Morgan fingerprint density at radius 2 is 2.00 bits per heavy atom. The molecule has 120 valence electrons. The Labute approximate surface area is 134 Å². The third kappa shape index (κ3) is 4.01. The van der Waals surface area contributed by atoms with E-state index < -0.39 is 35.2 Å². The second-order valence-corrected chi connectivity index (χ2v) is 5.84. The molecule has 1 aliphatic rings. The fraction of sp³-hybridized carbons (Fsp3) is 0.429. The van der Waals surface area contributed by atoms with Crippen molar-refractivity contribution in [2.24, 2.45) is 0 Å². The number of nitrogens with zero attached hydrogens (tertiary/aromatic N) is 1. The zero-order valence-corrected chi connectivity index (χ0v) is 13.1. The first-order valence-corrected chi connectivity index (χ1v) is 7.45. The molecular weight excluding hydrogens is 364 g/mol. The lowest BCUT2D eigenvalue weighted by Crippen LogP contribution is -2.45. The first-order valence-electron chi connectivity index (χ1n) is 6.65. The van der Waals surface area contributed by atoms with Crippen molar-refractivity contribution in [2.75, 3.05) is 19.7 Å². The third-order valence-electron chi connectivity index (χ3n) is 3.39. The van der Waals surface area contributed by atoms with E-state index in [1.807, 2.05) is 0 Å². The Balaban J connectivity index is 1.97. The number of carboxylic acid groups (broad SMARTS) is 1. The highest BCUT2D eigenvalue weighted by Crippen LogP contribution is 2.22. The molecule has 0 bridgehead atoms. The minimum Gasteiger partial charge on any atom is -0.465 e. The summed E-state index contributed by atoms with van der Waals surface area (Å²) in [5, 5.41) is 8.91. The number of rotatable bonds is 4. The van der Waals surface area contributed by atoms with E-state index >= 15 is 0 Å². The van der Waals surface area contributed by atoms with Crippen molar-refractivity contribution in [1.29, 1.82) is 0 Å². The second-order valence-electron chi connectivity index (χ2n) is 4.93. The fourth-order valence-corrected chi connectivity index (χ4v) is 2.70. The largest absolute Gasteiger partial charge is 0.465 e. The third-order valence-corrected chi connectivity index (χ3v) is 3.85. The molecule has 0 spiro atoms. The number of hydrogen-bond donors (Lipinski definition) is 1. The monoisotopic (exact) mass is 377 g/mol. The van der Waals surface area contributed by atoms with Gasteiger partial charge in [-0.15, -0.1) is 0 Å². The van der Waals surface area contributed by atoms with Gasteiger partial charge in [0.1, 0.15) is 11.6 Å². The molecule has 1 aromatic carbocycles. The first kappa shape index (κ1) is 16.8. The molecule has 0 aromatic heterocycles. The molecule has 5 nitrogen and oxygen atoms in total. The van der Waals surface area contributed by atoms with Crippen molar-refractivity contribution in [3.63, 3.8) is 0 Å². The normalized spacial score (nSPS) is 18.3. The highest BCUT2D eigenvalue weighted by Gasteiger charge is 2.25. The van der Waals surface area contributed by atoms with E-state index in [0.717, 1.165) is 12.1 Å². The van der Waals surface area contributed by atoms with Crippen LogP contribution in [-0.2, 0) is 4.74 Å². The lowest BCUT2D eigenvalue weighted by molar-refractivity contribution is -0.0253. The van der Waals surface area contributed by atoms with Crippen LogP contribution in [0.2, 0.25) is 0 Å². The first-order chi connectivity index (χ1) is 10.4. The number of hydrogen-bond acceptors (Lipinski definition) is 3. The summed E-state index contributed by atoms with van der Waals surface area (Å²) in [5.74, 6) is -2.51. The van der Waals surface area contributed by atoms with Gasteiger partial charge in [0.2, 0.25) is 0 Å². The minimum atomic E-state index is -1.05. The van der Waals surface area contributed by atoms with Crippen LogP contribution >= 0.6 is 15.9 Å². The number of amides is 1. The van der Waals surface area contributed by atoms with Gasteiger partial charge in [-0.05, 0) is 18.6 Å². The summed E-state index contributed by atoms with van der Waals surface area (Å²) < 4.78 is 33.0. The average Bonchev–Trinajstić information content (AvgIpc) is 2.44. The SMILES string of the molecule is O=C(CCC1CN(C(=O)O)CCO1)c1c(F)cc(Br)cc1F. The van der Waals surface area contributed by atoms with E-state index in [0.29, 0.717) is 0 Å². The minimum absolute atomic E-state index is 0.117. The van der Waals surface area contributed by atoms with E-state index in [2.05, 4.69) is 15.9 Å². The maximum Gasteiger partial charge on any atom is 0.407 e. The van der Waals surface area contributed by atoms with Crippen LogP contribution in [0.5, 0.6) is 0 Å². The number of benzene rings is 1. The van der Waals surface area contributed by atoms with Gasteiger partial charge < -0.3 is 14.7 Å². The maximum atomic E-state index is 13.7. The molecule has 0 aliphatic carbocycles. The van der Waals surface area contributed by atoms with Crippen LogP contribution in [0.25, 0.3) is 0 Å². The summed E-state index contributed by atoms with van der Waals surface area (Å²) in [6.45, 7) is 0.663. The van der Waals surface area contributed by atoms with Gasteiger partial charge in [-0.25, -0.2) is 13.6 Å². The van der Waals surface area contributed by atoms with Crippen molar-refractivity contribution in [3.05, 3.63) is 33.8 Å². The van der Waals surface area contributed by atoms with Gasteiger partial charge in [0, 0.05) is 17.4 Å². The molecule has 2 rings (SSSR count). The number of morpholine rings is 1. The highest BCUT2D eigenvalue weighted by atomic mass is 79.9. The van der Waals surface area contributed by atoms with Crippen LogP contribution in [-0.4, -0.2) is 47.7 Å². The van der Waals surface area contributed by atoms with Gasteiger partial charge >= 0.3 is 6.09 Å². The second kappa shape index (κ2) is 7.15. The van der Waals surface area contributed by atoms with Gasteiger partial charge in [0.05, 0.1) is 24.8 Å². The lowest BCUT2D eigenvalue weighted by atomic mass is 10.0. The van der Waals surface area contributed by atoms with Crippen LogP contribution in [0.15, 0.2) is 16.6 Å². The molecule has 22 heavy (non-hydrogen) atoms. The number of halogens is 3. The zero-order chi connectivity index (χ0) is 16.3. The molecule has 0 radical (unpaired) electrons. The molecule has 8 heteroatoms. The molecule has 1 atom stereocenters. The zero-order valence-electron chi connectivity index (χ0n) is 11.5. The van der Waals surface area contributed by atoms with Crippen LogP contribution in [0.4, 0.5) is 13.6 Å². The Hall–Kier alpha value is -1.54. The molecule has 0 saturated carbocycles. The van der Waals surface area contributed by atoms with Gasteiger partial charge in [0.25, 0.3) is 0 Å². The predicted octanol–water partition coefficient (Wildman–Crippen LogP) is 3.07. The predicted molar refractivity (Wildman–Crippen MR) is 77.0 cm³/mol. The van der Waals surface area contributed by atoms with E-state index in [1.54, 1.807) is 0 Å². The van der Waals surface area contributed by atoms with E-state index in [4.69, 9.17) is 9.84 Å². The molecule has 1 fully saturated rings. The average molecular weight is 378 g/mol. The summed E-state index contributed by atoms with van der Waals surface area (Å²) in [5.41, 5.74) is -0.575. The van der Waals surface area contributed by atoms with Gasteiger partial charge in [-0.2, -0.15) is 0 Å². The Morgan fingerprint density at radius 3 is 2.59 bits per heavy atom. The smallest absolute Gasteiger partial charge is 0.407 e. The van der Waals surface area contributed by atoms with Gasteiger partial charge in [-0.3, -0.25) is 4.79 Å². The van der Waals surface area contributed by atoms with Crippen molar-refractivity contribution < 1.29 is 28.2 Å². The van der Waals surface area contributed by atoms with Gasteiger partial charge in [-0.1, -0.05) is 15.9 Å². The van der Waals surface area contributed by atoms with E-state index in [-0.39, 0.29) is 37.0 Å². The highest BCUT2D eigenvalue weighted by molar-refractivity contribution is 9.10. The number of carbonyl (C=O) groups is 2. The molecule has 1 saturated heterocycles. The molecule has 1 amide bonds. The number of ether oxygens (including phenoxy) is 1. The van der Waals surface area contributed by atoms with Crippen molar-refractivity contribution in [2.45, 2.75) is 18.9 Å². The summed E-state index contributed by atoms with van der Waals surface area (Å²) >= 11 is 2.95. The molecule has 1 aliphatic heterocycles. The van der Waals surface area contributed by atoms with Gasteiger partial charge in [0.15, 0.2) is 5.78 Å². The topological polar surface area (TPSA) is 66.8 Å². The Kier molecular flexibility index (Phi) is 5.47. The quantitative estimate of drug-likeness (QED) is 0.818. The number of carbonyl (C=O) groups excluding carboxylic acids is 1. The van der Waals surface area contributed by atoms with E-state index in [1.165, 1.54) is 4.90 Å². The lowest BCUT2D eigenvalue weighted by Gasteiger charge is -2.30. The van der Waals surface area contributed by atoms with Crippen molar-refractivity contribution in [3.8, 4) is 0 Å². The maximum absolute atomic E-state index is 13.7. The Morgan fingerprint density at radius 1 is 1.36 bits per heavy atom. The van der Waals surface area contributed by atoms with Crippen LogP contribution < -0.4 is 0 Å². The van der Waals surface area contributed by atoms with E-state index in [9.17, 15) is 18.4 Å². The van der Waals surface area contributed by atoms with Crippen molar-refractivity contribution >= 4 is 27.8 Å². The summed E-state index contributed by atoms with van der Waals surface area (Å²) in [7, 11) is 0. The number of ketones is 1. The summed E-state index contributed by atoms with van der Waals surface area (Å²) in [6, 6.07) is 2.05. The standard InChI is InChI=1S/C14H14BrF2NO4/c15-8-5-10(16)13(11(17)6-8)12(19)2-1-9-7-18(14(20)21)3-4-22-9/h5-6,9H,1-4,7H2,(H,20,21). The molecule has 1 N–H and O–H groups in total. The summed E-state index contributed by atoms with van der Waals surface area (Å²) in [4.78, 5) is 24.0. The molecule has 1 heterocycles. The van der Waals surface area contributed by atoms with Crippen LogP contribution in [0, 0.1) is 11.6 Å². The fourth-order valence-electron chi connectivity index (χ4n) is 2.29. The molecule has 1 aromatic rings. The molecular formula is C14H14BrF2NO4. The summed E-state index contributed by atoms with van der Waals surface area (Å²) in [6.07, 6.45) is -1.41. The van der Waals surface area contributed by atoms with Crippen LogP contribution in [0.3, 0.4) is 0 Å².